The Labute approximate surface area is 170 Å². The van der Waals surface area contributed by atoms with Crippen LogP contribution in [0.2, 0.25) is 0 Å². The molecule has 4 rings (SSSR count). The molecule has 0 aliphatic carbocycles. The van der Waals surface area contributed by atoms with Crippen molar-refractivity contribution >= 4 is 29.4 Å². The van der Waals surface area contributed by atoms with E-state index in [9.17, 15) is 9.59 Å². The van der Waals surface area contributed by atoms with Crippen LogP contribution < -0.4 is 19.6 Å². The van der Waals surface area contributed by atoms with Crippen molar-refractivity contribution in [3.8, 4) is 17.2 Å². The first kappa shape index (κ1) is 18.7. The van der Waals surface area contributed by atoms with Crippen LogP contribution in [-0.2, 0) is 11.2 Å². The number of nitrogens with one attached hydrogen (secondary N) is 1. The predicted octanol–water partition coefficient (Wildman–Crippen LogP) is 3.39. The maximum Gasteiger partial charge on any atom is 0.343 e. The molecule has 2 heterocycles. The molecule has 0 atom stereocenters. The molecule has 1 aromatic heterocycles. The molecule has 3 aromatic rings. The van der Waals surface area contributed by atoms with Gasteiger partial charge in [0.25, 0.3) is 0 Å². The van der Waals surface area contributed by atoms with E-state index < -0.39 is 5.97 Å². The molecule has 2 aromatic carbocycles. The first-order chi connectivity index (χ1) is 14.2. The molecule has 0 saturated carbocycles. The number of thiophene rings is 1. The number of hydrogen-bond donors (Lipinski definition) is 1. The number of ether oxygens (including phenoxy) is 3. The highest BCUT2D eigenvalue weighted by Gasteiger charge is 2.17. The van der Waals surface area contributed by atoms with Crippen LogP contribution in [0.5, 0.6) is 17.2 Å². The van der Waals surface area contributed by atoms with E-state index >= 15 is 0 Å². The third-order valence-corrected chi connectivity index (χ3v) is 4.87. The van der Waals surface area contributed by atoms with Crippen LogP contribution in [0.4, 0.5) is 0 Å². The van der Waals surface area contributed by atoms with E-state index in [1.807, 2.05) is 17.5 Å². The first-order valence-corrected chi connectivity index (χ1v) is 9.61. The van der Waals surface area contributed by atoms with Gasteiger partial charge >= 0.3 is 5.97 Å². The van der Waals surface area contributed by atoms with Gasteiger partial charge in [-0.3, -0.25) is 4.79 Å². The Morgan fingerprint density at radius 2 is 2.00 bits per heavy atom. The molecule has 0 unspecified atom stereocenters. The highest BCUT2D eigenvalue weighted by Crippen LogP contribution is 2.32. The van der Waals surface area contributed by atoms with E-state index in [0.29, 0.717) is 28.4 Å². The average molecular weight is 408 g/mol. The highest BCUT2D eigenvalue weighted by atomic mass is 32.1. The summed E-state index contributed by atoms with van der Waals surface area (Å²) in [4.78, 5) is 25.2. The van der Waals surface area contributed by atoms with Crippen LogP contribution in [-0.4, -0.2) is 24.9 Å². The smallest absolute Gasteiger partial charge is 0.343 e. The standard InChI is InChI=1S/C21H16N2O5S/c24-20(11-17-5-2-8-29-17)23-22-12-14-3-1-4-16(9-14)28-21(25)15-6-7-18-19(10-15)27-13-26-18/h1-10,12H,11,13H2,(H,23,24)/b22-12+. The molecule has 1 N–H and O–H groups in total. The summed E-state index contributed by atoms with van der Waals surface area (Å²) in [7, 11) is 0. The van der Waals surface area contributed by atoms with Gasteiger partial charge in [0.15, 0.2) is 11.5 Å². The monoisotopic (exact) mass is 408 g/mol. The molecule has 146 valence electrons. The van der Waals surface area contributed by atoms with Crippen LogP contribution in [0.3, 0.4) is 0 Å². The third-order valence-electron chi connectivity index (χ3n) is 3.99. The Balaban J connectivity index is 1.35. The topological polar surface area (TPSA) is 86.2 Å². The fraction of sp³-hybridized carbons (Fsp3) is 0.0952. The SMILES string of the molecule is O=C(Cc1cccs1)N/N=C/c1cccc(OC(=O)c2ccc3c(c2)OCO3)c1. The number of nitrogens with zero attached hydrogens (tertiary/aromatic N) is 1. The lowest BCUT2D eigenvalue weighted by Crippen LogP contribution is -2.19. The van der Waals surface area contributed by atoms with Crippen molar-refractivity contribution in [2.45, 2.75) is 6.42 Å². The summed E-state index contributed by atoms with van der Waals surface area (Å²) in [5.41, 5.74) is 3.52. The number of fused-ring (bicyclic) bond motifs is 1. The van der Waals surface area contributed by atoms with E-state index in [-0.39, 0.29) is 19.1 Å². The molecule has 1 aliphatic heterocycles. The molecular weight excluding hydrogens is 392 g/mol. The molecular formula is C21H16N2O5S. The van der Waals surface area contributed by atoms with E-state index in [4.69, 9.17) is 14.2 Å². The lowest BCUT2D eigenvalue weighted by molar-refractivity contribution is -0.120. The largest absolute Gasteiger partial charge is 0.454 e. The molecule has 0 saturated heterocycles. The number of hydrogen-bond acceptors (Lipinski definition) is 7. The number of rotatable bonds is 6. The van der Waals surface area contributed by atoms with Crippen LogP contribution in [0.15, 0.2) is 65.1 Å². The molecule has 1 amide bonds. The molecule has 0 fully saturated rings. The second-order valence-corrected chi connectivity index (χ2v) is 7.11. The number of esters is 1. The molecule has 0 spiro atoms. The summed E-state index contributed by atoms with van der Waals surface area (Å²) >= 11 is 1.52. The molecule has 8 heteroatoms. The van der Waals surface area contributed by atoms with Gasteiger partial charge in [0.1, 0.15) is 5.75 Å². The van der Waals surface area contributed by atoms with E-state index in [0.717, 1.165) is 4.88 Å². The molecule has 1 aliphatic rings. The van der Waals surface area contributed by atoms with Crippen LogP contribution >= 0.6 is 11.3 Å². The first-order valence-electron chi connectivity index (χ1n) is 8.73. The van der Waals surface area contributed by atoms with Crippen molar-refractivity contribution in [2.24, 2.45) is 5.10 Å². The molecule has 29 heavy (non-hydrogen) atoms. The van der Waals surface area contributed by atoms with Crippen molar-refractivity contribution in [3.63, 3.8) is 0 Å². The second-order valence-electron chi connectivity index (χ2n) is 6.08. The Morgan fingerprint density at radius 3 is 2.86 bits per heavy atom. The summed E-state index contributed by atoms with van der Waals surface area (Å²) < 4.78 is 15.9. The highest BCUT2D eigenvalue weighted by molar-refractivity contribution is 7.10. The van der Waals surface area contributed by atoms with Gasteiger partial charge in [-0.05, 0) is 47.3 Å². The van der Waals surface area contributed by atoms with E-state index in [1.54, 1.807) is 42.5 Å². The number of carbonyl (C=O) groups excluding carboxylic acids is 2. The van der Waals surface area contributed by atoms with Gasteiger partial charge in [-0.1, -0.05) is 18.2 Å². The maximum atomic E-state index is 12.4. The number of amides is 1. The maximum absolute atomic E-state index is 12.4. The minimum atomic E-state index is -0.512. The zero-order chi connectivity index (χ0) is 20.1. The number of hydrazone groups is 1. The Kier molecular flexibility index (Phi) is 5.53. The van der Waals surface area contributed by atoms with Gasteiger partial charge in [-0.25, -0.2) is 10.2 Å². The van der Waals surface area contributed by atoms with Gasteiger partial charge in [-0.2, -0.15) is 5.10 Å². The Hall–Kier alpha value is -3.65. The average Bonchev–Trinajstić information content (AvgIpc) is 3.39. The summed E-state index contributed by atoms with van der Waals surface area (Å²) in [5.74, 6) is 0.761. The van der Waals surface area contributed by atoms with Crippen molar-refractivity contribution in [3.05, 3.63) is 76.0 Å². The zero-order valence-electron chi connectivity index (χ0n) is 15.2. The normalized spacial score (nSPS) is 12.1. The molecule has 7 nitrogen and oxygen atoms in total. The minimum Gasteiger partial charge on any atom is -0.454 e. The van der Waals surface area contributed by atoms with E-state index in [2.05, 4.69) is 10.5 Å². The summed E-state index contributed by atoms with van der Waals surface area (Å²) in [5, 5.41) is 5.87. The third kappa shape index (κ3) is 4.80. The van der Waals surface area contributed by atoms with Gasteiger partial charge in [0.2, 0.25) is 12.7 Å². The van der Waals surface area contributed by atoms with Crippen LogP contribution in [0.1, 0.15) is 20.8 Å². The predicted molar refractivity (Wildman–Crippen MR) is 108 cm³/mol. The van der Waals surface area contributed by atoms with Crippen molar-refractivity contribution in [2.75, 3.05) is 6.79 Å². The summed E-state index contributed by atoms with van der Waals surface area (Å²) in [6.45, 7) is 0.138. The lowest BCUT2D eigenvalue weighted by Gasteiger charge is -2.06. The zero-order valence-corrected chi connectivity index (χ0v) is 16.0. The number of benzene rings is 2. The van der Waals surface area contributed by atoms with Gasteiger partial charge in [-0.15, -0.1) is 11.3 Å². The van der Waals surface area contributed by atoms with Crippen molar-refractivity contribution in [1.82, 2.24) is 5.43 Å². The minimum absolute atomic E-state index is 0.138. The quantitative estimate of drug-likeness (QED) is 0.292. The van der Waals surface area contributed by atoms with E-state index in [1.165, 1.54) is 17.6 Å². The van der Waals surface area contributed by atoms with Crippen LogP contribution in [0.25, 0.3) is 0 Å². The van der Waals surface area contributed by atoms with Gasteiger partial charge in [0, 0.05) is 4.88 Å². The summed E-state index contributed by atoms with van der Waals surface area (Å²) in [6, 6.07) is 15.5. The number of carbonyl (C=O) groups is 2. The van der Waals surface area contributed by atoms with Crippen molar-refractivity contribution < 1.29 is 23.8 Å². The molecule has 0 bridgehead atoms. The van der Waals surface area contributed by atoms with Crippen LogP contribution in [0, 0.1) is 0 Å². The van der Waals surface area contributed by atoms with Gasteiger partial charge < -0.3 is 14.2 Å². The Morgan fingerprint density at radius 1 is 1.10 bits per heavy atom. The Bertz CT molecular complexity index is 1060. The fourth-order valence-electron chi connectivity index (χ4n) is 2.64. The second kappa shape index (κ2) is 8.57. The van der Waals surface area contributed by atoms with Gasteiger partial charge in [0.05, 0.1) is 18.2 Å². The lowest BCUT2D eigenvalue weighted by atomic mass is 10.2. The van der Waals surface area contributed by atoms with Crippen molar-refractivity contribution in [1.29, 1.82) is 0 Å². The fourth-order valence-corrected chi connectivity index (χ4v) is 3.34. The molecule has 0 radical (unpaired) electrons. The summed E-state index contributed by atoms with van der Waals surface area (Å²) in [6.07, 6.45) is 1.77.